The number of carbonyl (C=O) groups excluding carboxylic acids is 1. The Morgan fingerprint density at radius 1 is 0.500 bits per heavy atom. The van der Waals surface area contributed by atoms with E-state index < -0.39 is 20.0 Å². The molecule has 0 aromatic carbocycles. The van der Waals surface area contributed by atoms with Gasteiger partial charge in [-0.05, 0) is 64.2 Å². The fourth-order valence-corrected chi connectivity index (χ4v) is 9.43. The van der Waals surface area contributed by atoms with Crippen molar-refractivity contribution in [2.45, 2.75) is 283 Å². The lowest BCUT2D eigenvalue weighted by Gasteiger charge is -2.29. The Morgan fingerprint density at radius 2 is 0.847 bits per heavy atom. The summed E-state index contributed by atoms with van der Waals surface area (Å²) in [7, 11) is 1.25. The number of amides is 1. The number of aliphatic hydroxyl groups is 1. The molecule has 3 atom stereocenters. The minimum Gasteiger partial charge on any atom is -0.756 e. The lowest BCUT2D eigenvalue weighted by Crippen LogP contribution is -2.45. The van der Waals surface area contributed by atoms with Gasteiger partial charge in [0.05, 0.1) is 39.9 Å². The molecule has 0 saturated carbocycles. The topological polar surface area (TPSA) is 108 Å². The van der Waals surface area contributed by atoms with Gasteiger partial charge >= 0.3 is 0 Å². The number of unbranched alkanes of at least 4 members (excludes halogenated alkanes) is 32. The average Bonchev–Trinajstić information content (AvgIpc) is 3.34. The molecule has 0 aliphatic rings. The van der Waals surface area contributed by atoms with Crippen LogP contribution < -0.4 is 10.2 Å². The van der Waals surface area contributed by atoms with E-state index in [0.717, 1.165) is 77.0 Å². The number of carbonyl (C=O) groups is 1. The van der Waals surface area contributed by atoms with Crippen molar-refractivity contribution in [1.82, 2.24) is 5.32 Å². The van der Waals surface area contributed by atoms with Crippen LogP contribution >= 0.6 is 7.82 Å². The maximum absolute atomic E-state index is 13.0. The van der Waals surface area contributed by atoms with Crippen LogP contribution in [0.3, 0.4) is 0 Å². The fourth-order valence-electron chi connectivity index (χ4n) is 8.71. The van der Waals surface area contributed by atoms with E-state index in [1.807, 2.05) is 27.2 Å². The first-order valence-corrected chi connectivity index (χ1v) is 31.8. The number of rotatable bonds is 55. The number of phosphoric acid groups is 1. The van der Waals surface area contributed by atoms with E-state index in [1.165, 1.54) is 173 Å². The first-order valence-electron chi connectivity index (χ1n) is 30.3. The molecule has 8 nitrogen and oxygen atoms in total. The SMILES string of the molecule is CC/C=C\C/C=C\C/C=C\C/C=C\C/C=C\CCCCCCCCCCCC(=O)NC(COP(=O)([O-])OCC[N+](C)(C)C)C(O)/C=C/CCCCCCCCCCCCCCCCCCCCCCCCC. The fraction of sp³-hybridized carbons (Fsp3) is 0.794. The minimum atomic E-state index is -4.61. The zero-order chi connectivity index (χ0) is 52.7. The van der Waals surface area contributed by atoms with Gasteiger partial charge in [0.25, 0.3) is 7.82 Å². The number of hydrogen-bond acceptors (Lipinski definition) is 6. The van der Waals surface area contributed by atoms with E-state index in [4.69, 9.17) is 9.05 Å². The first kappa shape index (κ1) is 69.9. The Labute approximate surface area is 446 Å². The third-order valence-corrected chi connectivity index (χ3v) is 14.4. The molecule has 0 bridgehead atoms. The molecule has 3 unspecified atom stereocenters. The van der Waals surface area contributed by atoms with Crippen molar-refractivity contribution in [2.75, 3.05) is 40.9 Å². The second-order valence-corrected chi connectivity index (χ2v) is 23.1. The van der Waals surface area contributed by atoms with Crippen molar-refractivity contribution in [3.8, 4) is 0 Å². The molecule has 0 radical (unpaired) electrons. The molecular weight excluding hydrogens is 912 g/mol. The van der Waals surface area contributed by atoms with Crippen LogP contribution in [0.2, 0.25) is 0 Å². The highest BCUT2D eigenvalue weighted by atomic mass is 31.2. The second-order valence-electron chi connectivity index (χ2n) is 21.7. The summed E-state index contributed by atoms with van der Waals surface area (Å²) in [5.74, 6) is -0.204. The molecule has 0 heterocycles. The van der Waals surface area contributed by atoms with Crippen LogP contribution in [0.25, 0.3) is 0 Å². The summed E-state index contributed by atoms with van der Waals surface area (Å²) in [6, 6.07) is -0.895. The van der Waals surface area contributed by atoms with Crippen molar-refractivity contribution >= 4 is 13.7 Å². The van der Waals surface area contributed by atoms with Crippen molar-refractivity contribution in [1.29, 1.82) is 0 Å². The number of allylic oxidation sites excluding steroid dienone is 11. The quantitative estimate of drug-likeness (QED) is 0.0272. The van der Waals surface area contributed by atoms with E-state index in [9.17, 15) is 19.4 Å². The molecule has 0 saturated heterocycles. The van der Waals surface area contributed by atoms with E-state index in [-0.39, 0.29) is 19.1 Å². The molecule has 0 aliphatic heterocycles. The van der Waals surface area contributed by atoms with E-state index >= 15 is 0 Å². The van der Waals surface area contributed by atoms with Crippen LogP contribution in [0.4, 0.5) is 0 Å². The predicted molar refractivity (Wildman–Crippen MR) is 311 cm³/mol. The molecule has 0 aliphatic carbocycles. The van der Waals surface area contributed by atoms with Gasteiger partial charge in [-0.1, -0.05) is 273 Å². The van der Waals surface area contributed by atoms with Crippen LogP contribution in [0, 0.1) is 0 Å². The van der Waals surface area contributed by atoms with Gasteiger partial charge in [0, 0.05) is 6.42 Å². The van der Waals surface area contributed by atoms with Gasteiger partial charge in [0.15, 0.2) is 0 Å². The van der Waals surface area contributed by atoms with Crippen LogP contribution in [0.15, 0.2) is 72.9 Å². The Bertz CT molecular complexity index is 1400. The molecule has 0 rings (SSSR count). The van der Waals surface area contributed by atoms with E-state index in [2.05, 4.69) is 79.9 Å². The van der Waals surface area contributed by atoms with Crippen molar-refractivity contribution < 1.29 is 32.9 Å². The lowest BCUT2D eigenvalue weighted by molar-refractivity contribution is -0.870. The Morgan fingerprint density at radius 3 is 1.24 bits per heavy atom. The zero-order valence-corrected chi connectivity index (χ0v) is 48.8. The van der Waals surface area contributed by atoms with Gasteiger partial charge in [0.2, 0.25) is 5.91 Å². The number of hydrogen-bond donors (Lipinski definition) is 2. The molecule has 2 N–H and O–H groups in total. The Hall–Kier alpha value is -2.06. The van der Waals surface area contributed by atoms with Crippen LogP contribution in [0.5, 0.6) is 0 Å². The smallest absolute Gasteiger partial charge is 0.268 e. The maximum atomic E-state index is 13.0. The predicted octanol–water partition coefficient (Wildman–Crippen LogP) is 18.0. The summed E-state index contributed by atoms with van der Waals surface area (Å²) in [6.07, 6.45) is 74.1. The average molecular weight is 1030 g/mol. The first-order chi connectivity index (χ1) is 35.0. The number of nitrogens with zero attached hydrogens (tertiary/aromatic N) is 1. The summed E-state index contributed by atoms with van der Waals surface area (Å²) < 4.78 is 23.4. The monoisotopic (exact) mass is 1030 g/mol. The summed E-state index contributed by atoms with van der Waals surface area (Å²) in [6.45, 7) is 4.55. The maximum Gasteiger partial charge on any atom is 0.268 e. The van der Waals surface area contributed by atoms with Crippen molar-refractivity contribution in [2.24, 2.45) is 0 Å². The molecular formula is C63H117N2O6P. The van der Waals surface area contributed by atoms with Gasteiger partial charge in [-0.3, -0.25) is 9.36 Å². The van der Waals surface area contributed by atoms with Gasteiger partial charge in [-0.2, -0.15) is 0 Å². The highest BCUT2D eigenvalue weighted by Gasteiger charge is 2.23. The lowest BCUT2D eigenvalue weighted by atomic mass is 10.0. The molecule has 0 fully saturated rings. The molecule has 9 heteroatoms. The number of aliphatic hydroxyl groups excluding tert-OH is 1. The van der Waals surface area contributed by atoms with E-state index in [1.54, 1.807) is 6.08 Å². The van der Waals surface area contributed by atoms with Gasteiger partial charge in [-0.25, -0.2) is 0 Å². The van der Waals surface area contributed by atoms with Gasteiger partial charge in [0.1, 0.15) is 13.2 Å². The van der Waals surface area contributed by atoms with Crippen LogP contribution in [0.1, 0.15) is 271 Å². The number of phosphoric ester groups is 1. The number of quaternary nitrogens is 1. The summed E-state index contributed by atoms with van der Waals surface area (Å²) in [5.41, 5.74) is 0. The van der Waals surface area contributed by atoms with Gasteiger partial charge in [-0.15, -0.1) is 0 Å². The number of nitrogens with one attached hydrogen (secondary N) is 1. The normalized spacial score (nSPS) is 14.4. The molecule has 0 aromatic rings. The highest BCUT2D eigenvalue weighted by molar-refractivity contribution is 7.45. The third kappa shape index (κ3) is 55.7. The highest BCUT2D eigenvalue weighted by Crippen LogP contribution is 2.38. The number of likely N-dealkylation sites (N-methyl/N-ethyl adjacent to an activating group) is 1. The summed E-state index contributed by atoms with van der Waals surface area (Å²) in [4.78, 5) is 25.5. The molecule has 72 heavy (non-hydrogen) atoms. The molecule has 1 amide bonds. The standard InChI is InChI=1S/C63H117N2O6P/c1-6-8-10-12-14-16-18-20-22-24-26-28-30-32-34-36-38-40-42-44-46-48-50-52-54-56-62(66)61(60-71-72(68,69)70-59-58-65(3,4)5)64-63(67)57-55-53-51-49-47-45-43-41-39-37-35-33-31-29-27-25-23-21-19-17-15-13-11-9-7-2/h9,11,15,17,21,23,27,29,33,35,54,56,61-62,66H,6-8,10,12-14,16,18-20,22,24-26,28,30-32,34,36-53,55,57-60H2,1-5H3,(H-,64,67,68,69)/b11-9-,17-15-,23-21-,29-27-,35-33-,56-54+. The molecule has 0 aromatic heterocycles. The van der Waals surface area contributed by atoms with Crippen LogP contribution in [-0.4, -0.2) is 68.5 Å². The van der Waals surface area contributed by atoms with Crippen molar-refractivity contribution in [3.05, 3.63) is 72.9 Å². The summed E-state index contributed by atoms with van der Waals surface area (Å²) >= 11 is 0. The molecule has 0 spiro atoms. The largest absolute Gasteiger partial charge is 0.756 e. The van der Waals surface area contributed by atoms with E-state index in [0.29, 0.717) is 17.4 Å². The summed E-state index contributed by atoms with van der Waals surface area (Å²) in [5, 5.41) is 13.9. The molecule has 420 valence electrons. The minimum absolute atomic E-state index is 0.00483. The zero-order valence-electron chi connectivity index (χ0n) is 47.9. The Kier molecular flexibility index (Phi) is 52.2. The third-order valence-electron chi connectivity index (χ3n) is 13.4. The van der Waals surface area contributed by atoms with Gasteiger partial charge < -0.3 is 28.8 Å². The Balaban J connectivity index is 4.21. The van der Waals surface area contributed by atoms with Crippen LogP contribution in [-0.2, 0) is 18.4 Å². The van der Waals surface area contributed by atoms with Crippen molar-refractivity contribution in [3.63, 3.8) is 0 Å². The second kappa shape index (κ2) is 53.8.